The fraction of sp³-hybridized carbons (Fsp3) is 0.267. The number of hydrogen-bond acceptors (Lipinski definition) is 5. The molecule has 0 aliphatic carbocycles. The summed E-state index contributed by atoms with van der Waals surface area (Å²) in [6.45, 7) is 0.366. The summed E-state index contributed by atoms with van der Waals surface area (Å²) in [5.41, 5.74) is 4.07. The number of nitrogens with zero attached hydrogens (tertiary/aromatic N) is 2. The van der Waals surface area contributed by atoms with E-state index < -0.39 is 17.7 Å². The maximum atomic E-state index is 13.4. The number of methoxy groups -OCH3 is 1. The third-order valence-corrected chi connectivity index (χ3v) is 6.61. The Morgan fingerprint density at radius 1 is 0.917 bits per heavy atom. The first-order chi connectivity index (χ1) is 17.4. The second-order valence-corrected chi connectivity index (χ2v) is 9.16. The molecule has 1 unspecified atom stereocenters. The summed E-state index contributed by atoms with van der Waals surface area (Å²) in [7, 11) is 5.54. The molecule has 0 aromatic heterocycles. The van der Waals surface area contributed by atoms with Crippen molar-refractivity contribution in [1.82, 2.24) is 4.90 Å². The number of hydrogen-bond donors (Lipinski definition) is 1. The predicted molar refractivity (Wildman–Crippen MR) is 141 cm³/mol. The number of ketones is 1. The number of ether oxygens (including phenoxy) is 1. The molecule has 0 spiro atoms. The summed E-state index contributed by atoms with van der Waals surface area (Å²) in [6, 6.07) is 24.6. The van der Waals surface area contributed by atoms with Crippen LogP contribution < -0.4 is 9.64 Å². The lowest BCUT2D eigenvalue weighted by Crippen LogP contribution is -2.33. The van der Waals surface area contributed by atoms with Crippen molar-refractivity contribution >= 4 is 17.4 Å². The summed E-state index contributed by atoms with van der Waals surface area (Å²) < 4.78 is 5.23. The van der Waals surface area contributed by atoms with Crippen molar-refractivity contribution in [3.8, 4) is 5.75 Å². The van der Waals surface area contributed by atoms with Gasteiger partial charge in [0.15, 0.2) is 11.5 Å². The number of aliphatic hydroxyl groups excluding tert-OH is 1. The molecule has 4 rings (SSSR count). The van der Waals surface area contributed by atoms with E-state index in [9.17, 15) is 14.7 Å². The Bertz CT molecular complexity index is 1230. The average molecular weight is 485 g/mol. The van der Waals surface area contributed by atoms with Crippen molar-refractivity contribution in [1.29, 1.82) is 0 Å². The lowest BCUT2D eigenvalue weighted by Gasteiger charge is -2.27. The molecule has 0 saturated carbocycles. The molecule has 1 aliphatic heterocycles. The van der Waals surface area contributed by atoms with Gasteiger partial charge in [-0.3, -0.25) is 9.59 Å². The number of Topliss-reactive ketones (excluding diaryl/α,β-unsaturated/α-hetero) is 1. The van der Waals surface area contributed by atoms with Crippen LogP contribution in [0.1, 0.15) is 29.2 Å². The van der Waals surface area contributed by atoms with Crippen LogP contribution in [0.2, 0.25) is 0 Å². The number of amides is 1. The van der Waals surface area contributed by atoms with E-state index in [4.69, 9.17) is 4.74 Å². The highest BCUT2D eigenvalue weighted by Crippen LogP contribution is 2.39. The lowest BCUT2D eigenvalue weighted by molar-refractivity contribution is -0.129. The van der Waals surface area contributed by atoms with Crippen molar-refractivity contribution in [2.45, 2.75) is 25.3 Å². The molecule has 3 aromatic carbocycles. The minimum atomic E-state index is -0.629. The molecule has 6 heteroatoms. The van der Waals surface area contributed by atoms with Gasteiger partial charge in [0, 0.05) is 32.7 Å². The zero-order valence-electron chi connectivity index (χ0n) is 21.0. The van der Waals surface area contributed by atoms with E-state index in [1.807, 2.05) is 97.9 Å². The Kier molecular flexibility index (Phi) is 7.74. The molecule has 1 atom stereocenters. The monoisotopic (exact) mass is 484 g/mol. The molecular weight excluding hydrogens is 452 g/mol. The second kappa shape index (κ2) is 11.1. The van der Waals surface area contributed by atoms with Gasteiger partial charge in [0.05, 0.1) is 18.7 Å². The average Bonchev–Trinajstić information content (AvgIpc) is 3.16. The lowest BCUT2D eigenvalue weighted by atomic mass is 9.93. The summed E-state index contributed by atoms with van der Waals surface area (Å²) in [5, 5.41) is 10.9. The molecule has 1 N–H and O–H groups in total. The van der Waals surface area contributed by atoms with Gasteiger partial charge in [-0.05, 0) is 53.8 Å². The van der Waals surface area contributed by atoms with Gasteiger partial charge in [0.25, 0.3) is 5.91 Å². The quantitative estimate of drug-likeness (QED) is 0.443. The highest BCUT2D eigenvalue weighted by molar-refractivity contribution is 6.09. The molecule has 1 amide bonds. The van der Waals surface area contributed by atoms with Crippen LogP contribution in [0.15, 0.2) is 90.2 Å². The zero-order valence-corrected chi connectivity index (χ0v) is 21.0. The van der Waals surface area contributed by atoms with Crippen molar-refractivity contribution in [3.05, 3.63) is 107 Å². The normalized spacial score (nSPS) is 15.4. The number of aliphatic hydroxyl groups is 1. The van der Waals surface area contributed by atoms with Gasteiger partial charge in [-0.25, -0.2) is 0 Å². The van der Waals surface area contributed by atoms with Gasteiger partial charge < -0.3 is 19.6 Å². The van der Waals surface area contributed by atoms with E-state index in [2.05, 4.69) is 0 Å². The first-order valence-corrected chi connectivity index (χ1v) is 12.1. The predicted octanol–water partition coefficient (Wildman–Crippen LogP) is 4.90. The van der Waals surface area contributed by atoms with Gasteiger partial charge in [-0.15, -0.1) is 0 Å². The van der Waals surface area contributed by atoms with Crippen LogP contribution in [0.25, 0.3) is 0 Å². The fourth-order valence-corrected chi connectivity index (χ4v) is 4.55. The van der Waals surface area contributed by atoms with Crippen LogP contribution >= 0.6 is 0 Å². The Balaban J connectivity index is 1.61. The summed E-state index contributed by atoms with van der Waals surface area (Å²) in [4.78, 5) is 30.2. The number of aryl methyl sites for hydroxylation is 1. The van der Waals surface area contributed by atoms with Crippen LogP contribution in [-0.4, -0.2) is 49.4 Å². The van der Waals surface area contributed by atoms with Crippen LogP contribution in [0.4, 0.5) is 5.69 Å². The molecule has 6 nitrogen and oxygen atoms in total. The third-order valence-electron chi connectivity index (χ3n) is 6.61. The van der Waals surface area contributed by atoms with Crippen LogP contribution in [-0.2, 0) is 22.4 Å². The van der Waals surface area contributed by atoms with Crippen LogP contribution in [0.3, 0.4) is 0 Å². The van der Waals surface area contributed by atoms with Crippen molar-refractivity contribution in [2.24, 2.45) is 0 Å². The number of rotatable bonds is 10. The van der Waals surface area contributed by atoms with Crippen LogP contribution in [0, 0.1) is 0 Å². The Hall–Kier alpha value is -4.06. The maximum absolute atomic E-state index is 13.4. The zero-order chi connectivity index (χ0) is 25.7. The molecule has 3 aromatic rings. The van der Waals surface area contributed by atoms with Crippen molar-refractivity contribution < 1.29 is 19.4 Å². The standard InChI is InChI=1S/C30H32N2O4/c1-31(2)24-14-12-23(13-15-24)28-27(26(33)18-11-21-7-5-4-6-8-21)29(34)30(35)32(28)20-19-22-9-16-25(36-3)17-10-22/h4-10,12-17,28,34H,11,18-20H2,1-3H3. The Morgan fingerprint density at radius 3 is 2.17 bits per heavy atom. The first kappa shape index (κ1) is 25.0. The molecule has 0 radical (unpaired) electrons. The number of carbonyl (C=O) groups is 2. The largest absolute Gasteiger partial charge is 0.503 e. The van der Waals surface area contributed by atoms with Gasteiger partial charge in [-0.1, -0.05) is 54.6 Å². The summed E-state index contributed by atoms with van der Waals surface area (Å²) >= 11 is 0. The topological polar surface area (TPSA) is 70.1 Å². The highest BCUT2D eigenvalue weighted by atomic mass is 16.5. The molecule has 0 fully saturated rings. The smallest absolute Gasteiger partial charge is 0.290 e. The molecule has 1 aliphatic rings. The fourth-order valence-electron chi connectivity index (χ4n) is 4.55. The first-order valence-electron chi connectivity index (χ1n) is 12.1. The summed E-state index contributed by atoms with van der Waals surface area (Å²) in [5.74, 6) is -0.392. The van der Waals surface area contributed by atoms with E-state index in [-0.39, 0.29) is 17.8 Å². The second-order valence-electron chi connectivity index (χ2n) is 9.16. The van der Waals surface area contributed by atoms with Gasteiger partial charge in [-0.2, -0.15) is 0 Å². The SMILES string of the molecule is COc1ccc(CCN2C(=O)C(O)=C(C(=O)CCc3ccccc3)C2c2ccc(N(C)C)cc2)cc1. The van der Waals surface area contributed by atoms with Gasteiger partial charge >= 0.3 is 0 Å². The number of carbonyl (C=O) groups excluding carboxylic acids is 2. The molecular formula is C30H32N2O4. The highest BCUT2D eigenvalue weighted by Gasteiger charge is 2.42. The van der Waals surface area contributed by atoms with Gasteiger partial charge in [0.1, 0.15) is 5.75 Å². The minimum absolute atomic E-state index is 0.184. The molecule has 186 valence electrons. The number of benzene rings is 3. The molecule has 0 bridgehead atoms. The van der Waals surface area contributed by atoms with E-state index in [1.165, 1.54) is 0 Å². The Labute approximate surface area is 212 Å². The Morgan fingerprint density at radius 2 is 1.56 bits per heavy atom. The third kappa shape index (κ3) is 5.43. The molecule has 36 heavy (non-hydrogen) atoms. The molecule has 1 heterocycles. The molecule has 0 saturated heterocycles. The van der Waals surface area contributed by atoms with E-state index in [1.54, 1.807) is 12.0 Å². The van der Waals surface area contributed by atoms with E-state index in [0.717, 1.165) is 28.1 Å². The van der Waals surface area contributed by atoms with Gasteiger partial charge in [0.2, 0.25) is 0 Å². The van der Waals surface area contributed by atoms with Crippen molar-refractivity contribution in [3.63, 3.8) is 0 Å². The van der Waals surface area contributed by atoms with E-state index >= 15 is 0 Å². The van der Waals surface area contributed by atoms with Crippen molar-refractivity contribution in [2.75, 3.05) is 32.6 Å². The number of anilines is 1. The minimum Gasteiger partial charge on any atom is -0.503 e. The maximum Gasteiger partial charge on any atom is 0.290 e. The summed E-state index contributed by atoms with van der Waals surface area (Å²) in [6.07, 6.45) is 1.35. The van der Waals surface area contributed by atoms with Crippen LogP contribution in [0.5, 0.6) is 5.75 Å². The van der Waals surface area contributed by atoms with E-state index in [0.29, 0.717) is 19.4 Å².